The number of nitrogens with one attached hydrogen (secondary N) is 1. The normalized spacial score (nSPS) is 30.5. The predicted octanol–water partition coefficient (Wildman–Crippen LogP) is 0.434. The van der Waals surface area contributed by atoms with E-state index in [4.69, 9.17) is 21.0 Å². The second-order valence-electron chi connectivity index (χ2n) is 3.67. The third-order valence-electron chi connectivity index (χ3n) is 3.13. The van der Waals surface area contributed by atoms with Crippen LogP contribution in [-0.2, 0) is 0 Å². The third kappa shape index (κ3) is 0.962. The molecule has 0 bridgehead atoms. The van der Waals surface area contributed by atoms with Crippen molar-refractivity contribution in [3.8, 4) is 24.3 Å². The highest BCUT2D eigenvalue weighted by Crippen LogP contribution is 2.48. The van der Waals surface area contributed by atoms with Gasteiger partial charge < -0.3 is 5.32 Å². The minimum absolute atomic E-state index is 0.498. The van der Waals surface area contributed by atoms with E-state index in [1.165, 1.54) is 0 Å². The van der Waals surface area contributed by atoms with Crippen LogP contribution in [0.25, 0.3) is 0 Å². The summed E-state index contributed by atoms with van der Waals surface area (Å²) in [6.45, 7) is 3.28. The molecule has 0 radical (unpaired) electrons. The highest BCUT2D eigenvalue weighted by Gasteiger charge is 2.66. The van der Waals surface area contributed by atoms with E-state index in [0.29, 0.717) is 0 Å². The number of nitrogens with zero attached hydrogens (tertiary/aromatic N) is 4. The van der Waals surface area contributed by atoms with Gasteiger partial charge in [-0.1, -0.05) is 0 Å². The van der Waals surface area contributed by atoms with Crippen LogP contribution in [0.1, 0.15) is 13.8 Å². The van der Waals surface area contributed by atoms with Gasteiger partial charge in [-0.2, -0.15) is 21.0 Å². The summed E-state index contributed by atoms with van der Waals surface area (Å²) in [5, 5.41) is 39.3. The van der Waals surface area contributed by atoms with E-state index < -0.39 is 22.9 Å². The van der Waals surface area contributed by atoms with Crippen LogP contribution in [0, 0.1) is 56.2 Å². The Bertz CT molecular complexity index is 368. The molecule has 0 aliphatic carbocycles. The predicted molar refractivity (Wildman–Crippen MR) is 49.4 cm³/mol. The largest absolute Gasteiger partial charge is 0.306 e. The number of rotatable bonds is 0. The van der Waals surface area contributed by atoms with Crippen molar-refractivity contribution < 1.29 is 0 Å². The van der Waals surface area contributed by atoms with E-state index in [2.05, 4.69) is 5.32 Å². The molecule has 2 unspecified atom stereocenters. The van der Waals surface area contributed by atoms with Crippen LogP contribution in [0.15, 0.2) is 0 Å². The van der Waals surface area contributed by atoms with E-state index in [9.17, 15) is 0 Å². The van der Waals surface area contributed by atoms with Gasteiger partial charge in [-0.3, -0.25) is 0 Å². The van der Waals surface area contributed by atoms with Crippen molar-refractivity contribution in [2.24, 2.45) is 10.8 Å². The lowest BCUT2D eigenvalue weighted by molar-refractivity contribution is 0.322. The lowest BCUT2D eigenvalue weighted by Crippen LogP contribution is -2.42. The molecule has 15 heavy (non-hydrogen) atoms. The van der Waals surface area contributed by atoms with Gasteiger partial charge in [0.25, 0.3) is 0 Å². The number of nitriles is 4. The molecule has 74 valence electrons. The van der Waals surface area contributed by atoms with Crippen LogP contribution < -0.4 is 5.32 Å². The summed E-state index contributed by atoms with van der Waals surface area (Å²) in [6.07, 6.45) is 0. The molecule has 2 atom stereocenters. The minimum Gasteiger partial charge on any atom is -0.306 e. The van der Waals surface area contributed by atoms with E-state index in [1.54, 1.807) is 13.8 Å². The van der Waals surface area contributed by atoms with Crippen molar-refractivity contribution in [1.29, 1.82) is 21.0 Å². The fraction of sp³-hybridized carbons (Fsp3) is 0.600. The molecule has 0 aromatic rings. The quantitative estimate of drug-likeness (QED) is 0.608. The highest BCUT2D eigenvalue weighted by atomic mass is 15.0. The van der Waals surface area contributed by atoms with Gasteiger partial charge in [0.1, 0.15) is 0 Å². The Morgan fingerprint density at radius 2 is 1.07 bits per heavy atom. The van der Waals surface area contributed by atoms with Crippen LogP contribution in [0.3, 0.4) is 0 Å². The Balaban J connectivity index is 3.53. The molecule has 1 N–H and O–H groups in total. The van der Waals surface area contributed by atoms with Gasteiger partial charge in [0.2, 0.25) is 0 Å². The lowest BCUT2D eigenvalue weighted by Gasteiger charge is -2.26. The molecule has 1 saturated heterocycles. The zero-order chi connectivity index (χ0) is 11.7. The molecule has 1 rings (SSSR count). The summed E-state index contributed by atoms with van der Waals surface area (Å²) in [6, 6.07) is 6.33. The zero-order valence-corrected chi connectivity index (χ0v) is 8.44. The lowest BCUT2D eigenvalue weighted by atomic mass is 9.63. The van der Waals surface area contributed by atoms with Gasteiger partial charge in [0.15, 0.2) is 10.8 Å². The monoisotopic (exact) mass is 199 g/mol. The van der Waals surface area contributed by atoms with Crippen molar-refractivity contribution >= 4 is 0 Å². The number of hydrogen-bond donors (Lipinski definition) is 1. The second-order valence-corrected chi connectivity index (χ2v) is 3.67. The highest BCUT2D eigenvalue weighted by molar-refractivity contribution is 5.42. The van der Waals surface area contributed by atoms with Crippen LogP contribution in [0.2, 0.25) is 0 Å². The molecule has 5 nitrogen and oxygen atoms in total. The molecular formula is C10H9N5. The molecule has 0 amide bonds. The Labute approximate surface area is 88.1 Å². The molecule has 5 heteroatoms. The summed E-state index contributed by atoms with van der Waals surface area (Å²) < 4.78 is 0. The van der Waals surface area contributed by atoms with Gasteiger partial charge in [0.05, 0.1) is 24.3 Å². The van der Waals surface area contributed by atoms with Gasteiger partial charge >= 0.3 is 0 Å². The molecule has 1 heterocycles. The SMILES string of the molecule is CC1NC(C)C(C#N)(C#N)C1(C#N)C#N. The fourth-order valence-corrected chi connectivity index (χ4v) is 2.10. The summed E-state index contributed by atoms with van der Waals surface area (Å²) in [7, 11) is 0. The van der Waals surface area contributed by atoms with Crippen LogP contribution >= 0.6 is 0 Å². The summed E-state index contributed by atoms with van der Waals surface area (Å²) in [4.78, 5) is 0. The van der Waals surface area contributed by atoms with Crippen LogP contribution in [0.5, 0.6) is 0 Å². The maximum atomic E-state index is 9.09. The van der Waals surface area contributed by atoms with Crippen molar-refractivity contribution in [2.45, 2.75) is 25.9 Å². The number of hydrogen-bond acceptors (Lipinski definition) is 5. The average molecular weight is 199 g/mol. The maximum absolute atomic E-state index is 9.09. The Kier molecular flexibility index (Phi) is 2.38. The molecule has 1 aliphatic rings. The van der Waals surface area contributed by atoms with Gasteiger partial charge in [-0.15, -0.1) is 0 Å². The average Bonchev–Trinajstić information content (AvgIpc) is 2.46. The van der Waals surface area contributed by atoms with Gasteiger partial charge in [-0.25, -0.2) is 0 Å². The molecule has 0 aromatic carbocycles. The Hall–Kier alpha value is -2.08. The fourth-order valence-electron chi connectivity index (χ4n) is 2.10. The maximum Gasteiger partial charge on any atom is 0.191 e. The Morgan fingerprint density at radius 3 is 1.27 bits per heavy atom. The van der Waals surface area contributed by atoms with Gasteiger partial charge in [-0.05, 0) is 13.8 Å². The van der Waals surface area contributed by atoms with E-state index in [1.807, 2.05) is 24.3 Å². The van der Waals surface area contributed by atoms with Crippen LogP contribution in [-0.4, -0.2) is 12.1 Å². The first-order valence-corrected chi connectivity index (χ1v) is 4.45. The summed E-state index contributed by atoms with van der Waals surface area (Å²) >= 11 is 0. The molecule has 0 spiro atoms. The molecular weight excluding hydrogens is 190 g/mol. The summed E-state index contributed by atoms with van der Waals surface area (Å²) in [5.41, 5.74) is -3.20. The minimum atomic E-state index is -1.60. The van der Waals surface area contributed by atoms with Crippen molar-refractivity contribution in [3.05, 3.63) is 0 Å². The van der Waals surface area contributed by atoms with Crippen LogP contribution in [0.4, 0.5) is 0 Å². The second kappa shape index (κ2) is 3.25. The first-order chi connectivity index (χ1) is 7.04. The molecule has 1 fully saturated rings. The first-order valence-electron chi connectivity index (χ1n) is 4.45. The third-order valence-corrected chi connectivity index (χ3v) is 3.13. The molecule has 0 aromatic heterocycles. The zero-order valence-electron chi connectivity index (χ0n) is 8.44. The summed E-state index contributed by atoms with van der Waals surface area (Å²) in [5.74, 6) is 0. The van der Waals surface area contributed by atoms with Gasteiger partial charge in [0, 0.05) is 12.1 Å². The van der Waals surface area contributed by atoms with E-state index in [-0.39, 0.29) is 0 Å². The smallest absolute Gasteiger partial charge is 0.191 e. The van der Waals surface area contributed by atoms with E-state index >= 15 is 0 Å². The van der Waals surface area contributed by atoms with E-state index in [0.717, 1.165) is 0 Å². The standard InChI is InChI=1S/C10H9N5/c1-7-9(3-11,4-12)10(5-13,6-14)8(2)15-7/h7-8,15H,1-2H3. The molecule has 0 saturated carbocycles. The Morgan fingerprint density at radius 1 is 0.800 bits per heavy atom. The van der Waals surface area contributed by atoms with Crippen molar-refractivity contribution in [3.63, 3.8) is 0 Å². The molecule has 1 aliphatic heterocycles. The topological polar surface area (TPSA) is 107 Å². The van der Waals surface area contributed by atoms with Crippen molar-refractivity contribution in [2.75, 3.05) is 0 Å². The van der Waals surface area contributed by atoms with Crippen molar-refractivity contribution in [1.82, 2.24) is 5.32 Å². The first kappa shape index (κ1) is 11.0.